The van der Waals surface area contributed by atoms with Crippen molar-refractivity contribution in [1.29, 1.82) is 0 Å². The number of hydrogen-bond donors (Lipinski definition) is 2. The molecule has 7 heteroatoms. The van der Waals surface area contributed by atoms with Crippen LogP contribution in [0, 0.1) is 11.3 Å². The summed E-state index contributed by atoms with van der Waals surface area (Å²) in [6.45, 7) is 5.08. The zero-order valence-electron chi connectivity index (χ0n) is 11.8. The number of carboxylic acid groups (broad SMARTS) is 1. The van der Waals surface area contributed by atoms with Crippen LogP contribution in [0.2, 0.25) is 10.0 Å². The van der Waals surface area contributed by atoms with Crippen LogP contribution in [0.25, 0.3) is 0 Å². The van der Waals surface area contributed by atoms with Crippen molar-refractivity contribution in [3.8, 4) is 0 Å². The molecule has 0 aliphatic heterocycles. The molecular weight excluding hydrogens is 381 g/mol. The first-order valence-corrected chi connectivity index (χ1v) is 7.80. The highest BCUT2D eigenvalue weighted by atomic mass is 79.9. The average Bonchev–Trinajstić information content (AvgIpc) is 2.33. The molecule has 0 aromatic heterocycles. The minimum absolute atomic E-state index is 0.164. The van der Waals surface area contributed by atoms with Crippen molar-refractivity contribution >= 4 is 56.7 Å². The van der Waals surface area contributed by atoms with E-state index >= 15 is 0 Å². The third kappa shape index (κ3) is 4.34. The minimum atomic E-state index is -1.15. The summed E-state index contributed by atoms with van der Waals surface area (Å²) in [5.74, 6) is -1.66. The Bertz CT molecular complexity index is 554. The van der Waals surface area contributed by atoms with Crippen LogP contribution in [0.3, 0.4) is 0 Å². The lowest BCUT2D eigenvalue weighted by atomic mass is 9.76. The third-order valence-electron chi connectivity index (χ3n) is 3.56. The number of amides is 1. The first-order valence-electron chi connectivity index (χ1n) is 6.25. The Morgan fingerprint density at radius 3 is 2.19 bits per heavy atom. The van der Waals surface area contributed by atoms with Crippen molar-refractivity contribution in [2.75, 3.05) is 5.32 Å². The van der Waals surface area contributed by atoms with E-state index in [0.29, 0.717) is 4.47 Å². The van der Waals surface area contributed by atoms with Crippen molar-refractivity contribution in [3.63, 3.8) is 0 Å². The van der Waals surface area contributed by atoms with E-state index < -0.39 is 17.3 Å². The average molecular weight is 397 g/mol. The number of rotatable bonds is 5. The topological polar surface area (TPSA) is 66.4 Å². The molecule has 0 fully saturated rings. The van der Waals surface area contributed by atoms with Gasteiger partial charge in [-0.15, -0.1) is 0 Å². The smallest absolute Gasteiger partial charge is 0.310 e. The molecule has 0 bridgehead atoms. The Labute approximate surface area is 141 Å². The fraction of sp³-hybridized carbons (Fsp3) is 0.429. The molecule has 116 valence electrons. The Morgan fingerprint density at radius 2 is 1.81 bits per heavy atom. The second-order valence-electron chi connectivity index (χ2n) is 5.35. The second-order valence-corrected chi connectivity index (χ2v) is 7.08. The van der Waals surface area contributed by atoms with Crippen molar-refractivity contribution in [1.82, 2.24) is 0 Å². The lowest BCUT2D eigenvalue weighted by molar-refractivity contribution is -0.153. The predicted octanol–water partition coefficient (Wildman–Crippen LogP) is 4.83. The van der Waals surface area contributed by atoms with Gasteiger partial charge in [-0.05, 0) is 25.0 Å². The van der Waals surface area contributed by atoms with Gasteiger partial charge in [0, 0.05) is 10.9 Å². The normalized spacial score (nSPS) is 13.9. The molecule has 1 aromatic carbocycles. The van der Waals surface area contributed by atoms with E-state index in [1.807, 2.05) is 0 Å². The van der Waals surface area contributed by atoms with Gasteiger partial charge in [-0.3, -0.25) is 9.59 Å². The number of aliphatic carboxylic acids is 1. The van der Waals surface area contributed by atoms with Crippen molar-refractivity contribution in [2.45, 2.75) is 27.2 Å². The van der Waals surface area contributed by atoms with Crippen LogP contribution in [0.1, 0.15) is 27.2 Å². The highest BCUT2D eigenvalue weighted by Gasteiger charge is 2.39. The van der Waals surface area contributed by atoms with Gasteiger partial charge in [0.25, 0.3) is 0 Å². The summed E-state index contributed by atoms with van der Waals surface area (Å²) in [6.07, 6.45) is -0.164. The first-order chi connectivity index (χ1) is 9.57. The van der Waals surface area contributed by atoms with Gasteiger partial charge in [0.05, 0.1) is 21.1 Å². The van der Waals surface area contributed by atoms with Gasteiger partial charge in [-0.1, -0.05) is 53.0 Å². The molecule has 1 amide bonds. The Kier molecular flexibility index (Phi) is 6.08. The molecule has 21 heavy (non-hydrogen) atoms. The molecular formula is C14H16BrCl2NO3. The molecule has 0 radical (unpaired) electrons. The SMILES string of the molecule is CC(C)C(C)(CC(=O)Nc1c(Cl)cc(Br)cc1Cl)C(=O)O. The van der Waals surface area contributed by atoms with Gasteiger partial charge in [-0.2, -0.15) is 0 Å². The molecule has 0 aliphatic rings. The molecule has 1 atom stereocenters. The Hall–Kier alpha value is -0.780. The van der Waals surface area contributed by atoms with Crippen LogP contribution in [-0.2, 0) is 9.59 Å². The monoisotopic (exact) mass is 395 g/mol. The second kappa shape index (κ2) is 6.99. The molecule has 0 spiro atoms. The Morgan fingerprint density at radius 1 is 1.33 bits per heavy atom. The molecule has 2 N–H and O–H groups in total. The molecule has 1 rings (SSSR count). The number of carbonyl (C=O) groups is 2. The summed E-state index contributed by atoms with van der Waals surface area (Å²) in [5, 5.41) is 12.5. The predicted molar refractivity (Wildman–Crippen MR) is 88.0 cm³/mol. The maximum Gasteiger partial charge on any atom is 0.310 e. The quantitative estimate of drug-likeness (QED) is 0.748. The summed E-state index contributed by atoms with van der Waals surface area (Å²) < 4.78 is 0.688. The number of halogens is 3. The highest BCUT2D eigenvalue weighted by molar-refractivity contribution is 9.10. The van der Waals surface area contributed by atoms with Crippen LogP contribution in [0.15, 0.2) is 16.6 Å². The van der Waals surface area contributed by atoms with Crippen LogP contribution >= 0.6 is 39.1 Å². The molecule has 0 heterocycles. The van der Waals surface area contributed by atoms with E-state index in [0.717, 1.165) is 0 Å². The Balaban J connectivity index is 2.95. The number of carboxylic acids is 1. The molecule has 1 unspecified atom stereocenters. The number of carbonyl (C=O) groups excluding carboxylic acids is 1. The molecule has 0 saturated carbocycles. The van der Waals surface area contributed by atoms with E-state index in [2.05, 4.69) is 21.2 Å². The van der Waals surface area contributed by atoms with Gasteiger partial charge < -0.3 is 10.4 Å². The van der Waals surface area contributed by atoms with Gasteiger partial charge in [0.2, 0.25) is 5.91 Å². The third-order valence-corrected chi connectivity index (χ3v) is 4.62. The van der Waals surface area contributed by atoms with Crippen molar-refractivity contribution in [3.05, 3.63) is 26.7 Å². The standard InChI is InChI=1S/C14H16BrCl2NO3/c1-7(2)14(3,13(20)21)6-11(19)18-12-9(16)4-8(15)5-10(12)17/h4-5,7H,6H2,1-3H3,(H,18,19)(H,20,21). The van der Waals surface area contributed by atoms with Crippen LogP contribution in [-0.4, -0.2) is 17.0 Å². The largest absolute Gasteiger partial charge is 0.481 e. The zero-order valence-corrected chi connectivity index (χ0v) is 14.9. The van der Waals surface area contributed by atoms with E-state index in [4.69, 9.17) is 23.2 Å². The molecule has 0 saturated heterocycles. The van der Waals surface area contributed by atoms with Gasteiger partial charge in [0.1, 0.15) is 0 Å². The lowest BCUT2D eigenvalue weighted by Gasteiger charge is -2.28. The van der Waals surface area contributed by atoms with Crippen LogP contribution in [0.4, 0.5) is 5.69 Å². The fourth-order valence-electron chi connectivity index (χ4n) is 1.71. The molecule has 4 nitrogen and oxygen atoms in total. The van der Waals surface area contributed by atoms with Gasteiger partial charge >= 0.3 is 5.97 Å². The number of benzene rings is 1. The zero-order chi connectivity index (χ0) is 16.4. The summed E-state index contributed by atoms with van der Waals surface area (Å²) in [5.41, 5.74) is -0.874. The van der Waals surface area contributed by atoms with Gasteiger partial charge in [0.15, 0.2) is 0 Å². The first kappa shape index (κ1) is 18.3. The van der Waals surface area contributed by atoms with E-state index in [-0.39, 0.29) is 28.1 Å². The summed E-state index contributed by atoms with van der Waals surface area (Å²) >= 11 is 15.3. The van der Waals surface area contributed by atoms with Crippen LogP contribution in [0.5, 0.6) is 0 Å². The molecule has 0 aliphatic carbocycles. The number of anilines is 1. The maximum atomic E-state index is 12.1. The molecule has 1 aromatic rings. The van der Waals surface area contributed by atoms with E-state index in [1.165, 1.54) is 0 Å². The minimum Gasteiger partial charge on any atom is -0.481 e. The lowest BCUT2D eigenvalue weighted by Crippen LogP contribution is -2.37. The fourth-order valence-corrected chi connectivity index (χ4v) is 3.01. The van der Waals surface area contributed by atoms with Gasteiger partial charge in [-0.25, -0.2) is 0 Å². The maximum absolute atomic E-state index is 12.1. The number of nitrogens with one attached hydrogen (secondary N) is 1. The summed E-state index contributed by atoms with van der Waals surface area (Å²) in [7, 11) is 0. The van der Waals surface area contributed by atoms with E-state index in [1.54, 1.807) is 32.9 Å². The van der Waals surface area contributed by atoms with Crippen molar-refractivity contribution in [2.24, 2.45) is 11.3 Å². The summed E-state index contributed by atoms with van der Waals surface area (Å²) in [4.78, 5) is 23.5. The van der Waals surface area contributed by atoms with Crippen LogP contribution < -0.4 is 5.32 Å². The highest BCUT2D eigenvalue weighted by Crippen LogP contribution is 2.36. The summed E-state index contributed by atoms with van der Waals surface area (Å²) in [6, 6.07) is 3.20. The number of hydrogen-bond acceptors (Lipinski definition) is 2. The van der Waals surface area contributed by atoms with E-state index in [9.17, 15) is 14.7 Å². The van der Waals surface area contributed by atoms with Crippen molar-refractivity contribution < 1.29 is 14.7 Å².